The zero-order valence-electron chi connectivity index (χ0n) is 13.9. The number of carbonyl (C=O) groups is 2. The summed E-state index contributed by atoms with van der Waals surface area (Å²) in [5.41, 5.74) is 0. The highest BCUT2D eigenvalue weighted by molar-refractivity contribution is 8.01. The van der Waals surface area contributed by atoms with Gasteiger partial charge in [0.15, 0.2) is 11.4 Å². The third-order valence-corrected chi connectivity index (χ3v) is 7.38. The molecule has 1 amide bonds. The number of aliphatic hydroxyl groups is 1. The predicted molar refractivity (Wildman–Crippen MR) is 82.4 cm³/mol. The van der Waals surface area contributed by atoms with Crippen molar-refractivity contribution in [2.45, 2.75) is 50.1 Å². The number of β-lactam (4-membered cyclic amide) rings is 1. The van der Waals surface area contributed by atoms with Crippen LogP contribution in [0.15, 0.2) is 0 Å². The van der Waals surface area contributed by atoms with Gasteiger partial charge in [-0.05, 0) is 20.8 Å². The Hall–Kier alpha value is -1.30. The fourth-order valence-corrected chi connectivity index (χ4v) is 6.20. The average Bonchev–Trinajstić information content (AvgIpc) is 2.75. The van der Waals surface area contributed by atoms with Gasteiger partial charge in [-0.15, -0.1) is 0 Å². The molecule has 0 saturated carbocycles. The fraction of sp³-hybridized carbons (Fsp3) is 0.800. The quantitative estimate of drug-likeness (QED) is 0.382. The second-order valence-corrected chi connectivity index (χ2v) is 7.94. The molecule has 0 bridgehead atoms. The van der Waals surface area contributed by atoms with E-state index in [2.05, 4.69) is 6.07 Å². The monoisotopic (exact) mass is 341 g/mol. The minimum atomic E-state index is -1.30. The van der Waals surface area contributed by atoms with E-state index in [1.807, 2.05) is 13.8 Å². The zero-order valence-corrected chi connectivity index (χ0v) is 14.7. The lowest BCUT2D eigenvalue weighted by Gasteiger charge is -2.50. The van der Waals surface area contributed by atoms with E-state index in [-0.39, 0.29) is 22.3 Å². The Morgan fingerprint density at radius 3 is 2.52 bits per heavy atom. The van der Waals surface area contributed by atoms with Gasteiger partial charge in [0.25, 0.3) is 0 Å². The lowest BCUT2D eigenvalue weighted by Crippen LogP contribution is -2.72. The topological polar surface area (TPSA) is 104 Å². The number of likely N-dealkylation sites (N-methyl/N-ethyl adjacent to an activating group) is 1. The lowest BCUT2D eigenvalue weighted by molar-refractivity contribution is -0.950. The summed E-state index contributed by atoms with van der Waals surface area (Å²) in [7, 11) is 0. The molecular weight excluding hydrogens is 318 g/mol. The molecule has 0 aromatic carbocycles. The van der Waals surface area contributed by atoms with E-state index in [1.165, 1.54) is 16.7 Å². The number of aliphatic carboxylic acids is 1. The number of amides is 1. The summed E-state index contributed by atoms with van der Waals surface area (Å²) in [5, 5.41) is 30.5. The van der Waals surface area contributed by atoms with Gasteiger partial charge in [-0.3, -0.25) is 9.28 Å². The van der Waals surface area contributed by atoms with Gasteiger partial charge in [0.05, 0.1) is 36.5 Å². The van der Waals surface area contributed by atoms with Crippen LogP contribution in [0.25, 0.3) is 0 Å². The molecule has 2 unspecified atom stereocenters. The normalized spacial score (nSPS) is 34.5. The molecule has 2 heterocycles. The molecule has 128 valence electrons. The molecule has 23 heavy (non-hydrogen) atoms. The van der Waals surface area contributed by atoms with Crippen LogP contribution in [-0.2, 0) is 9.59 Å². The third kappa shape index (κ3) is 2.25. The van der Waals surface area contributed by atoms with E-state index in [9.17, 15) is 25.1 Å². The number of quaternary nitrogens is 1. The minimum Gasteiger partial charge on any atom is -0.548 e. The smallest absolute Gasteiger partial charge is 0.233 e. The lowest BCUT2D eigenvalue weighted by atomic mass is 9.89. The van der Waals surface area contributed by atoms with Crippen molar-refractivity contribution in [1.82, 2.24) is 4.90 Å². The number of carboxylic acid groups (broad SMARTS) is 1. The summed E-state index contributed by atoms with van der Waals surface area (Å²) in [4.78, 5) is 24.6. The highest BCUT2D eigenvalue weighted by atomic mass is 32.2. The van der Waals surface area contributed by atoms with Crippen molar-refractivity contribution >= 4 is 23.6 Å². The molecule has 2 saturated heterocycles. The third-order valence-electron chi connectivity index (χ3n) is 5.53. The maximum atomic E-state index is 12.3. The first-order chi connectivity index (χ1) is 10.7. The van der Waals surface area contributed by atoms with Crippen LogP contribution in [0.1, 0.15) is 27.7 Å². The SMILES string of the molecule is CC[N+](CC)(CC#N)C1(C)S[C@@H]2[C@@H]([C@@H](C)O)C(=O)N2C1C(=O)[O-]. The van der Waals surface area contributed by atoms with Crippen LogP contribution >= 0.6 is 11.8 Å². The average molecular weight is 341 g/mol. The Labute approximate surface area is 140 Å². The van der Waals surface area contributed by atoms with Gasteiger partial charge in [-0.2, -0.15) is 5.26 Å². The van der Waals surface area contributed by atoms with Crippen LogP contribution in [0.2, 0.25) is 0 Å². The molecule has 2 aliphatic rings. The van der Waals surface area contributed by atoms with Gasteiger partial charge in [-0.1, -0.05) is 11.8 Å². The molecule has 5 atom stereocenters. The molecule has 7 nitrogen and oxygen atoms in total. The molecule has 0 aromatic rings. The van der Waals surface area contributed by atoms with E-state index >= 15 is 0 Å². The number of nitrogens with zero attached hydrogens (tertiary/aromatic N) is 3. The maximum absolute atomic E-state index is 12.3. The number of rotatable bonds is 6. The van der Waals surface area contributed by atoms with Gasteiger partial charge in [-0.25, -0.2) is 0 Å². The van der Waals surface area contributed by atoms with Crippen molar-refractivity contribution in [1.29, 1.82) is 5.26 Å². The van der Waals surface area contributed by atoms with Crippen molar-refractivity contribution in [3.05, 3.63) is 0 Å². The van der Waals surface area contributed by atoms with Gasteiger partial charge in [0, 0.05) is 6.92 Å². The summed E-state index contributed by atoms with van der Waals surface area (Å²) in [5.74, 6) is -2.25. The molecule has 2 fully saturated rings. The molecule has 8 heteroatoms. The number of thioether (sulfide) groups is 1. The number of nitriles is 1. The molecular formula is C15H23N3O4S. The number of hydrogen-bond acceptors (Lipinski definition) is 6. The van der Waals surface area contributed by atoms with Crippen molar-refractivity contribution in [3.8, 4) is 6.07 Å². The molecule has 2 rings (SSSR count). The highest BCUT2D eigenvalue weighted by Crippen LogP contribution is 2.57. The van der Waals surface area contributed by atoms with Crippen molar-refractivity contribution in [3.63, 3.8) is 0 Å². The number of aliphatic hydroxyl groups excluding tert-OH is 1. The van der Waals surface area contributed by atoms with Crippen LogP contribution in [0.3, 0.4) is 0 Å². The highest BCUT2D eigenvalue weighted by Gasteiger charge is 2.70. The Bertz CT molecular complexity index is 557. The standard InChI is InChI=1S/C15H23N3O4S/c1-5-18(6-2,8-7-16)15(4)11(14(21)22)17-12(20)10(9(3)19)13(17)23-15/h9-11,13,19H,5-6,8H2,1-4H3/t9-,10+,11?,13-,15?/m1/s1. The van der Waals surface area contributed by atoms with E-state index in [1.54, 1.807) is 13.8 Å². The summed E-state index contributed by atoms with van der Waals surface area (Å²) in [6.45, 7) is 8.49. The summed E-state index contributed by atoms with van der Waals surface area (Å²) in [6.07, 6.45) is -0.831. The van der Waals surface area contributed by atoms with E-state index in [0.717, 1.165) is 0 Å². The minimum absolute atomic E-state index is 0.161. The van der Waals surface area contributed by atoms with Gasteiger partial charge >= 0.3 is 0 Å². The number of fused-ring (bicyclic) bond motifs is 1. The van der Waals surface area contributed by atoms with Crippen LogP contribution in [0.5, 0.6) is 0 Å². The van der Waals surface area contributed by atoms with Gasteiger partial charge < -0.3 is 19.9 Å². The second-order valence-electron chi connectivity index (χ2n) is 6.39. The first kappa shape index (κ1) is 18.0. The second kappa shape index (κ2) is 5.96. The van der Waals surface area contributed by atoms with Crippen LogP contribution in [-0.4, -0.2) is 68.4 Å². The number of hydrogen-bond donors (Lipinski definition) is 1. The number of carbonyl (C=O) groups excluding carboxylic acids is 2. The Morgan fingerprint density at radius 2 is 2.13 bits per heavy atom. The van der Waals surface area contributed by atoms with Crippen LogP contribution in [0.4, 0.5) is 0 Å². The molecule has 0 aliphatic carbocycles. The first-order valence-electron chi connectivity index (χ1n) is 7.82. The molecule has 0 aromatic heterocycles. The van der Waals surface area contributed by atoms with Crippen LogP contribution in [0, 0.1) is 17.2 Å². The summed E-state index contributed by atoms with van der Waals surface area (Å²) >= 11 is 1.38. The number of carboxylic acids is 1. The molecule has 1 N–H and O–H groups in total. The maximum Gasteiger partial charge on any atom is 0.233 e. The summed E-state index contributed by atoms with van der Waals surface area (Å²) in [6, 6.07) is 1.06. The largest absolute Gasteiger partial charge is 0.548 e. The van der Waals surface area contributed by atoms with Crippen molar-refractivity contribution < 1.29 is 24.3 Å². The molecule has 0 radical (unpaired) electrons. The van der Waals surface area contributed by atoms with Crippen molar-refractivity contribution in [2.75, 3.05) is 19.6 Å². The molecule has 2 aliphatic heterocycles. The van der Waals surface area contributed by atoms with E-state index in [0.29, 0.717) is 13.1 Å². The Kier molecular flexibility index (Phi) is 4.68. The molecule has 0 spiro atoms. The van der Waals surface area contributed by atoms with Crippen molar-refractivity contribution in [2.24, 2.45) is 5.92 Å². The van der Waals surface area contributed by atoms with Crippen LogP contribution < -0.4 is 5.11 Å². The first-order valence-corrected chi connectivity index (χ1v) is 8.70. The zero-order chi connectivity index (χ0) is 17.6. The fourth-order valence-electron chi connectivity index (χ4n) is 4.00. The van der Waals surface area contributed by atoms with Gasteiger partial charge in [0.1, 0.15) is 12.1 Å². The predicted octanol–water partition coefficient (Wildman–Crippen LogP) is -0.887. The Morgan fingerprint density at radius 1 is 1.57 bits per heavy atom. The summed E-state index contributed by atoms with van der Waals surface area (Å²) < 4.78 is 0.264. The van der Waals surface area contributed by atoms with E-state index < -0.39 is 28.9 Å². The van der Waals surface area contributed by atoms with Gasteiger partial charge in [0.2, 0.25) is 5.91 Å². The van der Waals surface area contributed by atoms with E-state index in [4.69, 9.17) is 0 Å². The Balaban J connectivity index is 2.51.